The van der Waals surface area contributed by atoms with E-state index >= 15 is 0 Å². The van der Waals surface area contributed by atoms with E-state index in [-0.39, 0.29) is 47.5 Å². The summed E-state index contributed by atoms with van der Waals surface area (Å²) in [5.41, 5.74) is 8.81. The van der Waals surface area contributed by atoms with E-state index in [1.807, 2.05) is 0 Å². The van der Waals surface area contributed by atoms with Crippen LogP contribution >= 0.6 is 0 Å². The lowest BCUT2D eigenvalue weighted by Crippen LogP contribution is -2.29. The molecular weight excluding hydrogens is 614 g/mol. The first-order valence-corrected chi connectivity index (χ1v) is 15.0. The van der Waals surface area contributed by atoms with Crippen LogP contribution in [0.4, 0.5) is 31.5 Å². The first kappa shape index (κ1) is 35.7. The third kappa shape index (κ3) is 9.14. The Bertz CT molecular complexity index is 1310. The number of nitro groups is 2. The van der Waals surface area contributed by atoms with Gasteiger partial charge in [-0.3, -0.25) is 29.8 Å². The molecule has 2 aromatic rings. The molecule has 2 aliphatic carbocycles. The van der Waals surface area contributed by atoms with Crippen molar-refractivity contribution < 1.29 is 47.2 Å². The lowest BCUT2D eigenvalue weighted by atomic mass is 9.87. The smallest absolute Gasteiger partial charge is 0.308 e. The monoisotopic (exact) mass is 652 g/mol. The number of nitro benzene ring substituents is 2. The van der Waals surface area contributed by atoms with Crippen LogP contribution in [-0.4, -0.2) is 47.2 Å². The zero-order valence-corrected chi connectivity index (χ0v) is 25.6. The van der Waals surface area contributed by atoms with Crippen LogP contribution in [0.1, 0.15) is 65.2 Å². The van der Waals surface area contributed by atoms with Crippen molar-refractivity contribution in [2.75, 3.05) is 24.7 Å². The molecule has 0 heterocycles. The van der Waals surface area contributed by atoms with Gasteiger partial charge in [0.2, 0.25) is 0 Å². The number of anilines is 2. The highest BCUT2D eigenvalue weighted by Crippen LogP contribution is 2.36. The van der Waals surface area contributed by atoms with E-state index in [0.29, 0.717) is 64.6 Å². The molecule has 0 saturated heterocycles. The van der Waals surface area contributed by atoms with Gasteiger partial charge in [-0.05, 0) is 77.3 Å². The van der Waals surface area contributed by atoms with Crippen molar-refractivity contribution in [1.29, 1.82) is 0 Å². The summed E-state index contributed by atoms with van der Waals surface area (Å²) < 4.78 is 49.2. The quantitative estimate of drug-likeness (QED) is 0.138. The van der Waals surface area contributed by atoms with E-state index in [0.717, 1.165) is 12.1 Å². The van der Waals surface area contributed by atoms with Crippen LogP contribution in [0.2, 0.25) is 0 Å². The second kappa shape index (κ2) is 16.5. The lowest BCUT2D eigenvalue weighted by Gasteiger charge is -2.27. The summed E-state index contributed by atoms with van der Waals surface area (Å²) in [4.78, 5) is 43.2. The Morgan fingerprint density at radius 1 is 0.696 bits per heavy atom. The highest BCUT2D eigenvalue weighted by Gasteiger charge is 2.31. The van der Waals surface area contributed by atoms with E-state index in [9.17, 15) is 38.6 Å². The zero-order chi connectivity index (χ0) is 34.0. The lowest BCUT2D eigenvalue weighted by molar-refractivity contribution is -0.384. The van der Waals surface area contributed by atoms with E-state index in [1.165, 1.54) is 12.1 Å². The number of halogens is 2. The predicted octanol–water partition coefficient (Wildman–Crippen LogP) is 5.63. The average molecular weight is 653 g/mol. The normalized spacial score (nSPS) is 20.8. The van der Waals surface area contributed by atoms with Crippen LogP contribution in [0, 0.1) is 43.7 Å². The van der Waals surface area contributed by atoms with E-state index < -0.39 is 44.2 Å². The Balaban J connectivity index is 0.000000250. The van der Waals surface area contributed by atoms with Crippen molar-refractivity contribution in [1.82, 2.24) is 0 Å². The Morgan fingerprint density at radius 2 is 1.02 bits per heavy atom. The topological polar surface area (TPSA) is 209 Å². The zero-order valence-electron chi connectivity index (χ0n) is 25.6. The summed E-state index contributed by atoms with van der Waals surface area (Å²) >= 11 is 0. The molecule has 0 aromatic heterocycles. The molecule has 16 heteroatoms. The van der Waals surface area contributed by atoms with Crippen LogP contribution in [0.15, 0.2) is 24.3 Å². The number of nitrogen functional groups attached to an aromatic ring is 2. The Kier molecular flexibility index (Phi) is 12.8. The minimum atomic E-state index is -0.924. The summed E-state index contributed by atoms with van der Waals surface area (Å²) in [5, 5.41) is 21.4. The van der Waals surface area contributed by atoms with Crippen molar-refractivity contribution in [3.63, 3.8) is 0 Å². The minimum Gasteiger partial charge on any atom is -0.487 e. The van der Waals surface area contributed by atoms with E-state index in [4.69, 9.17) is 30.4 Å². The number of hydrogen-bond donors (Lipinski definition) is 2. The second-order valence-corrected chi connectivity index (χ2v) is 10.8. The fourth-order valence-electron chi connectivity index (χ4n) is 5.34. The van der Waals surface area contributed by atoms with Gasteiger partial charge in [-0.15, -0.1) is 0 Å². The molecule has 2 saturated carbocycles. The van der Waals surface area contributed by atoms with Gasteiger partial charge in [0.25, 0.3) is 11.4 Å². The van der Waals surface area contributed by atoms with Gasteiger partial charge in [0.15, 0.2) is 34.5 Å². The van der Waals surface area contributed by atoms with Gasteiger partial charge in [-0.2, -0.15) is 0 Å². The Morgan fingerprint density at radius 3 is 1.30 bits per heavy atom. The summed E-state index contributed by atoms with van der Waals surface area (Å²) in [6.45, 7) is 4.22. The van der Waals surface area contributed by atoms with Crippen LogP contribution in [0.5, 0.6) is 11.5 Å². The van der Waals surface area contributed by atoms with E-state index in [2.05, 4.69) is 0 Å². The van der Waals surface area contributed by atoms with Gasteiger partial charge < -0.3 is 30.4 Å². The van der Waals surface area contributed by atoms with Gasteiger partial charge in [0.1, 0.15) is 0 Å². The molecular formula is C30H38F2N4O10. The molecule has 14 nitrogen and oxygen atoms in total. The molecule has 4 N–H and O–H groups in total. The molecule has 252 valence electrons. The molecule has 2 aromatic carbocycles. The van der Waals surface area contributed by atoms with E-state index in [1.54, 1.807) is 13.8 Å². The summed E-state index contributed by atoms with van der Waals surface area (Å²) in [6, 6.07) is 4.67. The molecule has 0 unspecified atom stereocenters. The van der Waals surface area contributed by atoms with Crippen LogP contribution in [0.3, 0.4) is 0 Å². The SMILES string of the molecule is CCOC(=O)C1CCC(Oc2ccc([N+](=O)[O-])c(N)c2F)CC1.CCOC(=O)C1CCC(Oc2ccc([N+](=O)[O-])c(N)c2F)CC1. The van der Waals surface area contributed by atoms with Crippen molar-refractivity contribution in [3.8, 4) is 11.5 Å². The molecule has 0 atom stereocenters. The maximum atomic E-state index is 14.1. The number of benzene rings is 2. The first-order chi connectivity index (χ1) is 21.9. The Labute approximate surface area is 263 Å². The number of nitrogens with zero attached hydrogens (tertiary/aromatic N) is 2. The largest absolute Gasteiger partial charge is 0.487 e. The van der Waals surface area contributed by atoms with Gasteiger partial charge in [-0.1, -0.05) is 0 Å². The summed E-state index contributed by atoms with van der Waals surface area (Å²) in [5.74, 6) is -2.78. The van der Waals surface area contributed by atoms with Crippen LogP contribution in [-0.2, 0) is 19.1 Å². The number of nitrogens with two attached hydrogens (primary N) is 2. The first-order valence-electron chi connectivity index (χ1n) is 15.0. The maximum Gasteiger partial charge on any atom is 0.308 e. The third-order valence-corrected chi connectivity index (χ3v) is 7.81. The average Bonchev–Trinajstić information content (AvgIpc) is 3.02. The standard InChI is InChI=1S/2C15H19FN2O5/c2*1-2-22-15(19)9-3-5-10(6-4-9)23-12-8-7-11(18(20)21)14(17)13(12)16/h2*7-10H,2-6,17H2,1H3. The van der Waals surface area contributed by atoms with Gasteiger partial charge in [0.05, 0.1) is 47.1 Å². The van der Waals surface area contributed by atoms with Crippen LogP contribution in [0.25, 0.3) is 0 Å². The van der Waals surface area contributed by atoms with Gasteiger partial charge >= 0.3 is 11.9 Å². The molecule has 0 radical (unpaired) electrons. The third-order valence-electron chi connectivity index (χ3n) is 7.81. The van der Waals surface area contributed by atoms with Crippen molar-refractivity contribution in [3.05, 3.63) is 56.1 Å². The molecule has 0 spiro atoms. The molecule has 46 heavy (non-hydrogen) atoms. The fraction of sp³-hybridized carbons (Fsp3) is 0.533. The summed E-state index contributed by atoms with van der Waals surface area (Å²) in [7, 11) is 0. The number of hydrogen-bond acceptors (Lipinski definition) is 12. The highest BCUT2D eigenvalue weighted by molar-refractivity contribution is 5.73. The van der Waals surface area contributed by atoms with Crippen molar-refractivity contribution in [2.45, 2.75) is 77.4 Å². The Hall–Kier alpha value is -4.76. The second-order valence-electron chi connectivity index (χ2n) is 10.8. The summed E-state index contributed by atoms with van der Waals surface area (Å²) in [6.07, 6.45) is 4.24. The number of carbonyl (C=O) groups is 2. The van der Waals surface area contributed by atoms with Gasteiger partial charge in [0, 0.05) is 12.1 Å². The van der Waals surface area contributed by atoms with Gasteiger partial charge in [-0.25, -0.2) is 8.78 Å². The predicted molar refractivity (Wildman–Crippen MR) is 161 cm³/mol. The molecule has 2 fully saturated rings. The fourth-order valence-corrected chi connectivity index (χ4v) is 5.34. The maximum absolute atomic E-state index is 14.1. The number of carbonyl (C=O) groups excluding carboxylic acids is 2. The molecule has 0 amide bonds. The molecule has 0 bridgehead atoms. The molecule has 0 aliphatic heterocycles. The minimum absolute atomic E-state index is 0.104. The molecule has 2 aliphatic rings. The van der Waals surface area contributed by atoms with Crippen LogP contribution < -0.4 is 20.9 Å². The van der Waals surface area contributed by atoms with Crippen molar-refractivity contribution >= 4 is 34.7 Å². The molecule has 4 rings (SSSR count). The number of ether oxygens (including phenoxy) is 4. The van der Waals surface area contributed by atoms with Crippen molar-refractivity contribution in [2.24, 2.45) is 11.8 Å². The number of rotatable bonds is 10. The highest BCUT2D eigenvalue weighted by atomic mass is 19.1. The number of esters is 2.